The Morgan fingerprint density at radius 2 is 2.12 bits per heavy atom. The Bertz CT molecular complexity index is 985. The van der Waals surface area contributed by atoms with Crippen molar-refractivity contribution in [1.82, 2.24) is 19.9 Å². The number of anilines is 1. The number of nitrogens with one attached hydrogen (secondary N) is 1. The van der Waals surface area contributed by atoms with E-state index in [1.165, 1.54) is 11.1 Å². The van der Waals surface area contributed by atoms with Gasteiger partial charge in [0.25, 0.3) is 0 Å². The number of benzene rings is 1. The van der Waals surface area contributed by atoms with Crippen molar-refractivity contribution >= 4 is 5.69 Å². The zero-order chi connectivity index (χ0) is 17.2. The molecule has 0 fully saturated rings. The van der Waals surface area contributed by atoms with E-state index in [2.05, 4.69) is 52.6 Å². The second-order valence-corrected chi connectivity index (χ2v) is 5.84. The summed E-state index contributed by atoms with van der Waals surface area (Å²) in [4.78, 5) is 4.33. The first-order valence-corrected chi connectivity index (χ1v) is 7.90. The molecule has 1 N–H and O–H groups in total. The highest BCUT2D eigenvalue weighted by molar-refractivity contribution is 5.51. The van der Waals surface area contributed by atoms with Gasteiger partial charge in [-0.25, -0.2) is 4.68 Å². The molecule has 0 saturated heterocycles. The predicted octanol–water partition coefficient (Wildman–Crippen LogP) is 3.74. The Hall–Kier alpha value is -3.35. The molecule has 3 aromatic heterocycles. The van der Waals surface area contributed by atoms with Crippen molar-refractivity contribution in [2.24, 2.45) is 0 Å². The third-order valence-electron chi connectivity index (χ3n) is 3.87. The molecule has 0 saturated carbocycles. The molecule has 4 rings (SSSR count). The van der Waals surface area contributed by atoms with Gasteiger partial charge in [-0.3, -0.25) is 0 Å². The summed E-state index contributed by atoms with van der Waals surface area (Å²) in [5.74, 6) is 1.01. The average molecular weight is 335 g/mol. The zero-order valence-corrected chi connectivity index (χ0v) is 13.9. The summed E-state index contributed by atoms with van der Waals surface area (Å²) in [6.07, 6.45) is 6.86. The monoisotopic (exact) mass is 335 g/mol. The summed E-state index contributed by atoms with van der Waals surface area (Å²) in [5.41, 5.74) is 5.13. The van der Waals surface area contributed by atoms with Crippen molar-refractivity contribution in [1.29, 1.82) is 0 Å². The van der Waals surface area contributed by atoms with Crippen LogP contribution in [0.15, 0.2) is 58.1 Å². The van der Waals surface area contributed by atoms with Crippen LogP contribution in [-0.2, 0) is 6.54 Å². The first-order valence-electron chi connectivity index (χ1n) is 7.90. The van der Waals surface area contributed by atoms with E-state index in [1.807, 2.05) is 10.9 Å². The van der Waals surface area contributed by atoms with Crippen LogP contribution >= 0.6 is 0 Å². The van der Waals surface area contributed by atoms with Gasteiger partial charge in [0.05, 0.1) is 42.1 Å². The highest BCUT2D eigenvalue weighted by Crippen LogP contribution is 2.19. The van der Waals surface area contributed by atoms with Gasteiger partial charge >= 0.3 is 0 Å². The molecule has 126 valence electrons. The van der Waals surface area contributed by atoms with Gasteiger partial charge < -0.3 is 14.3 Å². The van der Waals surface area contributed by atoms with E-state index in [0.29, 0.717) is 18.3 Å². The van der Waals surface area contributed by atoms with Crippen LogP contribution < -0.4 is 5.32 Å². The number of rotatable bonds is 5. The van der Waals surface area contributed by atoms with Crippen molar-refractivity contribution in [3.63, 3.8) is 0 Å². The Morgan fingerprint density at radius 1 is 1.20 bits per heavy atom. The molecule has 7 heteroatoms. The summed E-state index contributed by atoms with van der Waals surface area (Å²) in [5, 5.41) is 11.6. The summed E-state index contributed by atoms with van der Waals surface area (Å²) < 4.78 is 12.1. The lowest BCUT2D eigenvalue weighted by Gasteiger charge is -2.06. The minimum absolute atomic E-state index is 0.420. The summed E-state index contributed by atoms with van der Waals surface area (Å²) in [6.45, 7) is 4.57. The highest BCUT2D eigenvalue weighted by Gasteiger charge is 2.10. The molecule has 25 heavy (non-hydrogen) atoms. The van der Waals surface area contributed by atoms with E-state index < -0.39 is 0 Å². The van der Waals surface area contributed by atoms with Gasteiger partial charge in [-0.1, -0.05) is 22.9 Å². The number of aryl methyl sites for hydroxylation is 2. The van der Waals surface area contributed by atoms with Gasteiger partial charge in [0.15, 0.2) is 0 Å². The first kappa shape index (κ1) is 15.2. The molecular weight excluding hydrogens is 318 g/mol. The summed E-state index contributed by atoms with van der Waals surface area (Å²) in [7, 11) is 0. The van der Waals surface area contributed by atoms with Gasteiger partial charge in [0, 0.05) is 0 Å². The molecule has 0 spiro atoms. The third-order valence-corrected chi connectivity index (χ3v) is 3.87. The van der Waals surface area contributed by atoms with E-state index in [-0.39, 0.29) is 0 Å². The maximum absolute atomic E-state index is 5.24. The second kappa shape index (κ2) is 6.27. The van der Waals surface area contributed by atoms with Crippen LogP contribution in [0.4, 0.5) is 5.69 Å². The lowest BCUT2D eigenvalue weighted by atomic mass is 10.1. The smallest absolute Gasteiger partial charge is 0.246 e. The Labute approximate surface area is 144 Å². The van der Waals surface area contributed by atoms with Crippen molar-refractivity contribution < 1.29 is 8.94 Å². The number of nitrogens with zero attached hydrogens (tertiary/aromatic N) is 4. The van der Waals surface area contributed by atoms with Crippen molar-refractivity contribution in [3.05, 3.63) is 66.2 Å². The Balaban J connectivity index is 1.45. The zero-order valence-electron chi connectivity index (χ0n) is 13.9. The van der Waals surface area contributed by atoms with Crippen LogP contribution in [0.5, 0.6) is 0 Å². The standard InChI is InChI=1S/C18H17N5O2/c1-12-3-4-16(13(2)7-12)23-10-15(8-20-23)19-9-17-21-18(22-25-17)14-5-6-24-11-14/h3-8,10-11,19H,9H2,1-2H3. The van der Waals surface area contributed by atoms with Crippen LogP contribution in [0.25, 0.3) is 17.1 Å². The van der Waals surface area contributed by atoms with Gasteiger partial charge in [-0.15, -0.1) is 0 Å². The van der Waals surface area contributed by atoms with Crippen LogP contribution in [0.2, 0.25) is 0 Å². The summed E-state index contributed by atoms with van der Waals surface area (Å²) >= 11 is 0. The highest BCUT2D eigenvalue weighted by atomic mass is 16.5. The number of hydrogen-bond donors (Lipinski definition) is 1. The van der Waals surface area contributed by atoms with E-state index in [4.69, 9.17) is 8.94 Å². The van der Waals surface area contributed by atoms with Crippen LogP contribution in [-0.4, -0.2) is 19.9 Å². The molecule has 7 nitrogen and oxygen atoms in total. The quantitative estimate of drug-likeness (QED) is 0.598. The molecule has 0 radical (unpaired) electrons. The van der Waals surface area contributed by atoms with Crippen molar-refractivity contribution in [3.8, 4) is 17.1 Å². The van der Waals surface area contributed by atoms with E-state index in [9.17, 15) is 0 Å². The molecule has 0 aliphatic rings. The number of aromatic nitrogens is 4. The summed E-state index contributed by atoms with van der Waals surface area (Å²) in [6, 6.07) is 8.07. The number of hydrogen-bond acceptors (Lipinski definition) is 6. The van der Waals surface area contributed by atoms with E-state index in [1.54, 1.807) is 24.8 Å². The molecule has 0 aliphatic carbocycles. The molecule has 3 heterocycles. The fourth-order valence-electron chi connectivity index (χ4n) is 2.62. The molecule has 0 unspecified atom stereocenters. The normalized spacial score (nSPS) is 11.0. The first-order chi connectivity index (χ1) is 12.2. The molecule has 0 amide bonds. The third kappa shape index (κ3) is 3.16. The largest absolute Gasteiger partial charge is 0.472 e. The van der Waals surface area contributed by atoms with Crippen LogP contribution in [0.3, 0.4) is 0 Å². The number of furan rings is 1. The van der Waals surface area contributed by atoms with Gasteiger partial charge in [-0.05, 0) is 31.5 Å². The minimum atomic E-state index is 0.420. The van der Waals surface area contributed by atoms with Gasteiger partial charge in [0.2, 0.25) is 11.7 Å². The molecule has 0 bridgehead atoms. The maximum Gasteiger partial charge on any atom is 0.246 e. The van der Waals surface area contributed by atoms with Crippen LogP contribution in [0, 0.1) is 13.8 Å². The Kier molecular flexibility index (Phi) is 3.81. The molecule has 4 aromatic rings. The SMILES string of the molecule is Cc1ccc(-n2cc(NCc3nc(-c4ccoc4)no3)cn2)c(C)c1. The van der Waals surface area contributed by atoms with E-state index >= 15 is 0 Å². The molecular formula is C18H17N5O2. The lowest BCUT2D eigenvalue weighted by Crippen LogP contribution is -1.99. The van der Waals surface area contributed by atoms with E-state index in [0.717, 1.165) is 16.9 Å². The molecule has 1 aromatic carbocycles. The van der Waals surface area contributed by atoms with Crippen molar-refractivity contribution in [2.75, 3.05) is 5.32 Å². The van der Waals surface area contributed by atoms with Gasteiger partial charge in [0.1, 0.15) is 6.26 Å². The van der Waals surface area contributed by atoms with Crippen LogP contribution in [0.1, 0.15) is 17.0 Å². The predicted molar refractivity (Wildman–Crippen MR) is 92.4 cm³/mol. The van der Waals surface area contributed by atoms with Gasteiger partial charge in [-0.2, -0.15) is 10.1 Å². The molecule has 0 aliphatic heterocycles. The topological polar surface area (TPSA) is 81.9 Å². The minimum Gasteiger partial charge on any atom is -0.472 e. The molecule has 0 atom stereocenters. The lowest BCUT2D eigenvalue weighted by molar-refractivity contribution is 0.384. The maximum atomic E-state index is 5.24. The average Bonchev–Trinajstić information content (AvgIpc) is 3.34. The fourth-order valence-corrected chi connectivity index (χ4v) is 2.62. The Morgan fingerprint density at radius 3 is 2.92 bits per heavy atom. The van der Waals surface area contributed by atoms with Crippen molar-refractivity contribution in [2.45, 2.75) is 20.4 Å². The second-order valence-electron chi connectivity index (χ2n) is 5.84. The fraction of sp³-hybridized carbons (Fsp3) is 0.167.